The van der Waals surface area contributed by atoms with Gasteiger partial charge in [0, 0.05) is 24.5 Å². The molecule has 0 N–H and O–H groups in total. The number of hydrogen-bond acceptors (Lipinski definition) is 1. The average Bonchev–Trinajstić information content (AvgIpc) is 2.29. The van der Waals surface area contributed by atoms with E-state index in [4.69, 9.17) is 11.6 Å². The van der Waals surface area contributed by atoms with Crippen LogP contribution >= 0.6 is 27.5 Å². The van der Waals surface area contributed by atoms with Gasteiger partial charge < -0.3 is 4.90 Å². The van der Waals surface area contributed by atoms with E-state index >= 15 is 0 Å². The van der Waals surface area contributed by atoms with E-state index in [0.29, 0.717) is 15.9 Å². The first-order chi connectivity index (χ1) is 7.47. The van der Waals surface area contributed by atoms with Crippen molar-refractivity contribution in [3.63, 3.8) is 0 Å². The second-order valence-electron chi connectivity index (χ2n) is 3.55. The zero-order valence-corrected chi connectivity index (χ0v) is 11.3. The zero-order chi connectivity index (χ0) is 12.3. The highest BCUT2D eigenvalue weighted by Crippen LogP contribution is 2.17. The van der Waals surface area contributed by atoms with E-state index in [1.165, 1.54) is 17.0 Å². The maximum absolute atomic E-state index is 13.2. The zero-order valence-electron chi connectivity index (χ0n) is 9.01. The molecule has 1 unspecified atom stereocenters. The normalized spacial score (nSPS) is 12.3. The van der Waals surface area contributed by atoms with Gasteiger partial charge in [-0.15, -0.1) is 11.6 Å². The highest BCUT2D eigenvalue weighted by molar-refractivity contribution is 9.10. The number of halogens is 3. The largest absolute Gasteiger partial charge is 0.338 e. The average molecular weight is 309 g/mol. The first-order valence-electron chi connectivity index (χ1n) is 4.75. The number of nitrogens with zero attached hydrogens (tertiary/aromatic N) is 1. The van der Waals surface area contributed by atoms with Crippen molar-refractivity contribution in [2.24, 2.45) is 0 Å². The van der Waals surface area contributed by atoms with Gasteiger partial charge in [-0.05, 0) is 41.1 Å². The topological polar surface area (TPSA) is 20.3 Å². The molecule has 2 nitrogen and oxygen atoms in total. The summed E-state index contributed by atoms with van der Waals surface area (Å²) in [6.45, 7) is 1.83. The van der Waals surface area contributed by atoms with Crippen LogP contribution < -0.4 is 0 Å². The second kappa shape index (κ2) is 5.64. The van der Waals surface area contributed by atoms with E-state index in [9.17, 15) is 9.18 Å². The summed E-state index contributed by atoms with van der Waals surface area (Å²) in [4.78, 5) is 13.4. The van der Waals surface area contributed by atoms with Crippen LogP contribution in [0.2, 0.25) is 0 Å². The molecule has 0 radical (unpaired) electrons. The van der Waals surface area contributed by atoms with Crippen molar-refractivity contribution in [1.29, 1.82) is 0 Å². The van der Waals surface area contributed by atoms with Crippen molar-refractivity contribution in [3.8, 4) is 0 Å². The minimum Gasteiger partial charge on any atom is -0.338 e. The molecule has 5 heteroatoms. The van der Waals surface area contributed by atoms with E-state index in [1.54, 1.807) is 13.1 Å². The highest BCUT2D eigenvalue weighted by Gasteiger charge is 2.17. The van der Waals surface area contributed by atoms with Gasteiger partial charge >= 0.3 is 0 Å². The fourth-order valence-corrected chi connectivity index (χ4v) is 1.59. The maximum atomic E-state index is 13.2. The molecule has 0 heterocycles. The molecule has 1 atom stereocenters. The Labute approximate surface area is 108 Å². The smallest absolute Gasteiger partial charge is 0.253 e. The van der Waals surface area contributed by atoms with Crippen LogP contribution in [0.1, 0.15) is 17.3 Å². The van der Waals surface area contributed by atoms with Crippen molar-refractivity contribution in [2.75, 3.05) is 12.9 Å². The number of benzene rings is 1. The molecule has 1 rings (SSSR count). The summed E-state index contributed by atoms with van der Waals surface area (Å²) >= 11 is 8.70. The minimum atomic E-state index is -0.447. The minimum absolute atomic E-state index is 0.0825. The monoisotopic (exact) mass is 307 g/mol. The number of alkyl halides is 1. The summed E-state index contributed by atoms with van der Waals surface area (Å²) in [5, 5.41) is 0. The van der Waals surface area contributed by atoms with Crippen molar-refractivity contribution >= 4 is 33.4 Å². The Morgan fingerprint density at radius 3 is 2.75 bits per heavy atom. The van der Waals surface area contributed by atoms with Crippen LogP contribution in [0.4, 0.5) is 4.39 Å². The Hall–Kier alpha value is -0.610. The lowest BCUT2D eigenvalue weighted by Gasteiger charge is -2.23. The van der Waals surface area contributed by atoms with Crippen LogP contribution in [-0.4, -0.2) is 29.8 Å². The summed E-state index contributed by atoms with van der Waals surface area (Å²) in [7, 11) is 1.65. The number of hydrogen-bond donors (Lipinski definition) is 0. The number of carbonyl (C=O) groups is 1. The predicted molar refractivity (Wildman–Crippen MR) is 66.4 cm³/mol. The number of carbonyl (C=O) groups excluding carboxylic acids is 1. The van der Waals surface area contributed by atoms with Gasteiger partial charge in [0.1, 0.15) is 5.82 Å². The number of rotatable bonds is 3. The third-order valence-electron chi connectivity index (χ3n) is 2.37. The molecule has 0 aliphatic carbocycles. The van der Waals surface area contributed by atoms with Gasteiger partial charge in [0.15, 0.2) is 0 Å². The summed E-state index contributed by atoms with van der Waals surface area (Å²) in [6.07, 6.45) is 0. The van der Waals surface area contributed by atoms with Gasteiger partial charge in [-0.2, -0.15) is 0 Å². The summed E-state index contributed by atoms with van der Waals surface area (Å²) in [5.41, 5.74) is 0.320. The fraction of sp³-hybridized carbons (Fsp3) is 0.364. The van der Waals surface area contributed by atoms with E-state index in [1.807, 2.05) is 6.92 Å². The van der Waals surface area contributed by atoms with Crippen LogP contribution in [0.5, 0.6) is 0 Å². The SMILES string of the molecule is CC(CCl)N(C)C(=O)c1ccc(Br)c(F)c1. The number of amides is 1. The Balaban J connectivity index is 2.92. The van der Waals surface area contributed by atoms with Crippen LogP contribution in [0, 0.1) is 5.82 Å². The maximum Gasteiger partial charge on any atom is 0.253 e. The summed E-state index contributed by atoms with van der Waals surface area (Å²) in [6, 6.07) is 4.22. The lowest BCUT2D eigenvalue weighted by atomic mass is 10.2. The standard InChI is InChI=1S/C11H12BrClFNO/c1-7(6-13)15(2)11(16)8-3-4-9(12)10(14)5-8/h3-5,7H,6H2,1-2H3. The van der Waals surface area contributed by atoms with Gasteiger partial charge in [0.25, 0.3) is 5.91 Å². The molecule has 16 heavy (non-hydrogen) atoms. The van der Waals surface area contributed by atoms with Gasteiger partial charge in [-0.1, -0.05) is 0 Å². The van der Waals surface area contributed by atoms with Crippen molar-refractivity contribution in [2.45, 2.75) is 13.0 Å². The molecule has 1 aromatic rings. The molecule has 0 saturated carbocycles. The molecule has 0 aliphatic rings. The first kappa shape index (κ1) is 13.5. The molecule has 1 amide bonds. The van der Waals surface area contributed by atoms with Gasteiger partial charge in [-0.3, -0.25) is 4.79 Å². The molecule has 0 aromatic heterocycles. The predicted octanol–water partition coefficient (Wildman–Crippen LogP) is 3.29. The van der Waals surface area contributed by atoms with E-state index in [0.717, 1.165) is 0 Å². The summed E-state index contributed by atoms with van der Waals surface area (Å²) < 4.78 is 13.6. The van der Waals surface area contributed by atoms with Crippen molar-refractivity contribution in [3.05, 3.63) is 34.1 Å². The molecule has 0 aliphatic heterocycles. The van der Waals surface area contributed by atoms with Crippen LogP contribution in [-0.2, 0) is 0 Å². The lowest BCUT2D eigenvalue weighted by Crippen LogP contribution is -2.36. The third kappa shape index (κ3) is 2.95. The van der Waals surface area contributed by atoms with Crippen molar-refractivity contribution < 1.29 is 9.18 Å². The third-order valence-corrected chi connectivity index (χ3v) is 3.46. The molecule has 88 valence electrons. The molecule has 0 fully saturated rings. The lowest BCUT2D eigenvalue weighted by molar-refractivity contribution is 0.0756. The summed E-state index contributed by atoms with van der Waals surface area (Å²) in [5.74, 6) is -0.335. The Kier molecular flexibility index (Phi) is 4.74. The Morgan fingerprint density at radius 1 is 1.62 bits per heavy atom. The van der Waals surface area contributed by atoms with Crippen molar-refractivity contribution in [1.82, 2.24) is 4.90 Å². The molecule has 0 bridgehead atoms. The van der Waals surface area contributed by atoms with Gasteiger partial charge in [-0.25, -0.2) is 4.39 Å². The fourth-order valence-electron chi connectivity index (χ4n) is 1.14. The Morgan fingerprint density at radius 2 is 2.25 bits per heavy atom. The highest BCUT2D eigenvalue weighted by atomic mass is 79.9. The van der Waals surface area contributed by atoms with Gasteiger partial charge in [0.2, 0.25) is 0 Å². The molecular formula is C11H12BrClFNO. The quantitative estimate of drug-likeness (QED) is 0.785. The first-order valence-corrected chi connectivity index (χ1v) is 6.08. The molecule has 0 saturated heterocycles. The van der Waals surface area contributed by atoms with Crippen LogP contribution in [0.25, 0.3) is 0 Å². The van der Waals surface area contributed by atoms with E-state index in [-0.39, 0.29) is 11.9 Å². The molecular weight excluding hydrogens is 296 g/mol. The molecule has 0 spiro atoms. The second-order valence-corrected chi connectivity index (χ2v) is 4.71. The van der Waals surface area contributed by atoms with Crippen LogP contribution in [0.3, 0.4) is 0 Å². The van der Waals surface area contributed by atoms with E-state index in [2.05, 4.69) is 15.9 Å². The van der Waals surface area contributed by atoms with E-state index < -0.39 is 5.82 Å². The van der Waals surface area contributed by atoms with Gasteiger partial charge in [0.05, 0.1) is 4.47 Å². The Bertz CT molecular complexity index is 400. The van der Waals surface area contributed by atoms with Crippen LogP contribution in [0.15, 0.2) is 22.7 Å². The molecule has 1 aromatic carbocycles.